The second kappa shape index (κ2) is 4.03. The van der Waals surface area contributed by atoms with Crippen molar-refractivity contribution in [1.29, 1.82) is 5.26 Å². The van der Waals surface area contributed by atoms with Crippen molar-refractivity contribution >= 4 is 12.0 Å². The number of carbonyl (C=O) groups excluding carboxylic acids is 1. The van der Waals surface area contributed by atoms with E-state index in [0.29, 0.717) is 0 Å². The van der Waals surface area contributed by atoms with Gasteiger partial charge in [-0.25, -0.2) is 0 Å². The van der Waals surface area contributed by atoms with Crippen molar-refractivity contribution < 1.29 is 4.79 Å². The first-order valence-electron chi connectivity index (χ1n) is 4.89. The summed E-state index contributed by atoms with van der Waals surface area (Å²) >= 11 is 0. The molecule has 2 rings (SSSR count). The third-order valence-electron chi connectivity index (χ3n) is 2.53. The molecule has 0 spiro atoms. The molecule has 1 unspecified atom stereocenters. The van der Waals surface area contributed by atoms with Gasteiger partial charge in [0.15, 0.2) is 0 Å². The number of benzene rings is 1. The van der Waals surface area contributed by atoms with E-state index in [1.807, 2.05) is 30.3 Å². The summed E-state index contributed by atoms with van der Waals surface area (Å²) in [6.07, 6.45) is 4.66. The lowest BCUT2D eigenvalue weighted by molar-refractivity contribution is -0.124. The summed E-state index contributed by atoms with van der Waals surface area (Å²) < 4.78 is 0. The first-order chi connectivity index (χ1) is 7.77. The van der Waals surface area contributed by atoms with Crippen molar-refractivity contribution in [2.24, 2.45) is 0 Å². The third-order valence-corrected chi connectivity index (χ3v) is 2.53. The van der Waals surface area contributed by atoms with Gasteiger partial charge in [-0.3, -0.25) is 9.69 Å². The molecule has 1 aliphatic heterocycles. The Bertz CT molecular complexity index is 511. The van der Waals surface area contributed by atoms with Crippen molar-refractivity contribution in [2.75, 3.05) is 0 Å². The Morgan fingerprint density at radius 1 is 1.50 bits per heavy atom. The zero-order chi connectivity index (χ0) is 11.5. The molecule has 0 saturated carbocycles. The van der Waals surface area contributed by atoms with Gasteiger partial charge < -0.3 is 0 Å². The minimum atomic E-state index is -0.563. The lowest BCUT2D eigenvalue weighted by Gasteiger charge is -2.27. The van der Waals surface area contributed by atoms with E-state index >= 15 is 0 Å². The fourth-order valence-electron chi connectivity index (χ4n) is 1.75. The molecular formula is C13H10N2O. The average Bonchev–Trinajstić information content (AvgIpc) is 2.36. The van der Waals surface area contributed by atoms with Crippen LogP contribution in [0.3, 0.4) is 0 Å². The maximum atomic E-state index is 11.6. The lowest BCUT2D eigenvalue weighted by Crippen LogP contribution is -2.30. The number of hydrogen-bond acceptors (Lipinski definition) is 2. The Morgan fingerprint density at radius 2 is 2.25 bits per heavy atom. The smallest absolute Gasteiger partial charge is 0.251 e. The van der Waals surface area contributed by atoms with Crippen LogP contribution in [0.4, 0.5) is 0 Å². The van der Waals surface area contributed by atoms with Gasteiger partial charge in [0.25, 0.3) is 5.91 Å². The van der Waals surface area contributed by atoms with Crippen LogP contribution in [0.2, 0.25) is 0 Å². The predicted octanol–water partition coefficient (Wildman–Crippen LogP) is 2.25. The molecule has 0 aliphatic carbocycles. The summed E-state index contributed by atoms with van der Waals surface area (Å²) in [4.78, 5) is 12.9. The quantitative estimate of drug-likeness (QED) is 0.667. The van der Waals surface area contributed by atoms with Gasteiger partial charge >= 0.3 is 0 Å². The van der Waals surface area contributed by atoms with Gasteiger partial charge in [-0.15, -0.1) is 0 Å². The minimum Gasteiger partial charge on any atom is -0.295 e. The van der Waals surface area contributed by atoms with Gasteiger partial charge in [0.1, 0.15) is 6.04 Å². The number of amides is 1. The molecule has 1 amide bonds. The highest BCUT2D eigenvalue weighted by Gasteiger charge is 2.25. The van der Waals surface area contributed by atoms with Crippen LogP contribution in [0.5, 0.6) is 0 Å². The first kappa shape index (κ1) is 10.2. The van der Waals surface area contributed by atoms with E-state index < -0.39 is 6.04 Å². The highest BCUT2D eigenvalue weighted by molar-refractivity contribution is 5.89. The number of rotatable bonds is 1. The molecule has 0 N–H and O–H groups in total. The Morgan fingerprint density at radius 3 is 2.94 bits per heavy atom. The summed E-state index contributed by atoms with van der Waals surface area (Å²) in [5.41, 5.74) is 1.82. The Balaban J connectivity index is 2.49. The second-order valence-corrected chi connectivity index (χ2v) is 3.43. The predicted molar refractivity (Wildman–Crippen MR) is 60.9 cm³/mol. The zero-order valence-corrected chi connectivity index (χ0v) is 8.63. The van der Waals surface area contributed by atoms with Gasteiger partial charge in [0, 0.05) is 6.20 Å². The third kappa shape index (κ3) is 1.51. The molecule has 0 saturated heterocycles. The normalized spacial score (nSPS) is 17.4. The molecule has 16 heavy (non-hydrogen) atoms. The average molecular weight is 210 g/mol. The molecule has 0 bridgehead atoms. The van der Waals surface area contributed by atoms with Crippen molar-refractivity contribution in [3.63, 3.8) is 0 Å². The van der Waals surface area contributed by atoms with E-state index in [1.165, 1.54) is 11.0 Å². The zero-order valence-electron chi connectivity index (χ0n) is 8.63. The van der Waals surface area contributed by atoms with E-state index in [-0.39, 0.29) is 5.91 Å². The molecule has 0 aromatic heterocycles. The minimum absolute atomic E-state index is 0.266. The molecular weight excluding hydrogens is 200 g/mol. The van der Waals surface area contributed by atoms with Crippen molar-refractivity contribution in [3.8, 4) is 6.07 Å². The van der Waals surface area contributed by atoms with Crippen LogP contribution in [0.1, 0.15) is 17.2 Å². The van der Waals surface area contributed by atoms with Crippen LogP contribution >= 0.6 is 0 Å². The molecule has 3 nitrogen and oxygen atoms in total. The van der Waals surface area contributed by atoms with Gasteiger partial charge in [-0.1, -0.05) is 30.8 Å². The summed E-state index contributed by atoms with van der Waals surface area (Å²) in [6, 6.07) is 9.11. The fraction of sp³-hybridized carbons (Fsp3) is 0.0769. The number of fused-ring (bicyclic) bond motifs is 1. The Labute approximate surface area is 93.9 Å². The number of hydrogen-bond donors (Lipinski definition) is 0. The van der Waals surface area contributed by atoms with Crippen molar-refractivity contribution in [3.05, 3.63) is 54.2 Å². The van der Waals surface area contributed by atoms with Crippen LogP contribution in [0, 0.1) is 11.3 Å². The maximum absolute atomic E-state index is 11.6. The monoisotopic (exact) mass is 210 g/mol. The lowest BCUT2D eigenvalue weighted by atomic mass is 9.97. The van der Waals surface area contributed by atoms with Crippen molar-refractivity contribution in [1.82, 2.24) is 4.90 Å². The first-order valence-corrected chi connectivity index (χ1v) is 4.89. The summed E-state index contributed by atoms with van der Waals surface area (Å²) in [7, 11) is 0. The molecule has 1 atom stereocenters. The molecule has 1 aliphatic rings. The van der Waals surface area contributed by atoms with E-state index in [2.05, 4.69) is 12.6 Å². The highest BCUT2D eigenvalue weighted by Crippen LogP contribution is 2.29. The van der Waals surface area contributed by atoms with Crippen LogP contribution in [0.25, 0.3) is 6.08 Å². The number of nitrogens with zero attached hydrogens (tertiary/aromatic N) is 2. The topological polar surface area (TPSA) is 44.1 Å². The second-order valence-electron chi connectivity index (χ2n) is 3.43. The SMILES string of the molecule is C=CC(=O)N1C=Cc2ccccc2C1C#N. The summed E-state index contributed by atoms with van der Waals surface area (Å²) in [6.45, 7) is 3.43. The molecule has 1 aromatic carbocycles. The van der Waals surface area contributed by atoms with Crippen LogP contribution in [-0.4, -0.2) is 10.8 Å². The molecule has 1 aromatic rings. The molecule has 0 radical (unpaired) electrons. The fourth-order valence-corrected chi connectivity index (χ4v) is 1.75. The molecule has 3 heteroatoms. The maximum Gasteiger partial charge on any atom is 0.251 e. The van der Waals surface area contributed by atoms with E-state index in [9.17, 15) is 4.79 Å². The van der Waals surface area contributed by atoms with Gasteiger partial charge in [0.2, 0.25) is 0 Å². The summed E-state index contributed by atoms with van der Waals surface area (Å²) in [5, 5.41) is 9.14. The summed E-state index contributed by atoms with van der Waals surface area (Å²) in [5.74, 6) is -0.266. The number of nitriles is 1. The van der Waals surface area contributed by atoms with E-state index in [1.54, 1.807) is 6.20 Å². The van der Waals surface area contributed by atoms with E-state index in [4.69, 9.17) is 5.26 Å². The van der Waals surface area contributed by atoms with E-state index in [0.717, 1.165) is 11.1 Å². The van der Waals surface area contributed by atoms with Crippen molar-refractivity contribution in [2.45, 2.75) is 6.04 Å². The van der Waals surface area contributed by atoms with Gasteiger partial charge in [-0.05, 0) is 23.3 Å². The van der Waals surface area contributed by atoms with Crippen LogP contribution in [-0.2, 0) is 4.79 Å². The standard InChI is InChI=1S/C13H10N2O/c1-2-13(16)15-8-7-10-5-3-4-6-11(10)12(15)9-14/h2-8,12H,1H2. The molecule has 1 heterocycles. The van der Waals surface area contributed by atoms with Crippen LogP contribution < -0.4 is 0 Å². The molecule has 78 valence electrons. The Hall–Kier alpha value is -2.34. The largest absolute Gasteiger partial charge is 0.295 e. The highest BCUT2D eigenvalue weighted by atomic mass is 16.2. The van der Waals surface area contributed by atoms with Gasteiger partial charge in [-0.2, -0.15) is 5.26 Å². The van der Waals surface area contributed by atoms with Gasteiger partial charge in [0.05, 0.1) is 6.07 Å². The number of carbonyl (C=O) groups is 1. The van der Waals surface area contributed by atoms with Crippen LogP contribution in [0.15, 0.2) is 43.1 Å². The Kier molecular flexibility index (Phi) is 2.57. The molecule has 0 fully saturated rings.